The minimum absolute atomic E-state index is 0.0549. The summed E-state index contributed by atoms with van der Waals surface area (Å²) < 4.78 is 48.1. The molecule has 1 saturated carbocycles. The lowest BCUT2D eigenvalue weighted by atomic mass is 9.97. The SMILES string of the molecule is Fc1ccc(COCC2(c3ccc(OC(F)F)cc3)CC2)cc1Br. The van der Waals surface area contributed by atoms with E-state index in [1.807, 2.05) is 12.1 Å². The van der Waals surface area contributed by atoms with Crippen LogP contribution in [-0.4, -0.2) is 13.2 Å². The average Bonchev–Trinajstić information content (AvgIpc) is 3.32. The zero-order valence-electron chi connectivity index (χ0n) is 12.8. The monoisotopic (exact) mass is 400 g/mol. The summed E-state index contributed by atoms with van der Waals surface area (Å²) in [5.74, 6) is -0.148. The Morgan fingerprint density at radius 2 is 1.79 bits per heavy atom. The Morgan fingerprint density at radius 3 is 2.38 bits per heavy atom. The van der Waals surface area contributed by atoms with Crippen LogP contribution in [0.1, 0.15) is 24.0 Å². The second-order valence-electron chi connectivity index (χ2n) is 5.92. The predicted octanol–water partition coefficient (Wildman–Crippen LogP) is 5.44. The van der Waals surface area contributed by atoms with Crippen LogP contribution in [0.5, 0.6) is 5.75 Å². The molecule has 0 N–H and O–H groups in total. The molecule has 0 bridgehead atoms. The van der Waals surface area contributed by atoms with Crippen LogP contribution in [0, 0.1) is 5.82 Å². The highest BCUT2D eigenvalue weighted by Gasteiger charge is 2.44. The minimum Gasteiger partial charge on any atom is -0.435 e. The lowest BCUT2D eigenvalue weighted by Gasteiger charge is -2.17. The molecule has 2 nitrogen and oxygen atoms in total. The van der Waals surface area contributed by atoms with Crippen LogP contribution < -0.4 is 4.74 Å². The summed E-state index contributed by atoms with van der Waals surface area (Å²) in [5, 5.41) is 0. The fraction of sp³-hybridized carbons (Fsp3) is 0.333. The van der Waals surface area contributed by atoms with Crippen LogP contribution in [-0.2, 0) is 16.8 Å². The molecule has 0 atom stereocenters. The first kappa shape index (κ1) is 17.3. The third-order valence-electron chi connectivity index (χ3n) is 4.18. The van der Waals surface area contributed by atoms with Gasteiger partial charge in [-0.1, -0.05) is 18.2 Å². The lowest BCUT2D eigenvalue weighted by molar-refractivity contribution is -0.0498. The predicted molar refractivity (Wildman–Crippen MR) is 87.7 cm³/mol. The van der Waals surface area contributed by atoms with Gasteiger partial charge in [-0.05, 0) is 64.2 Å². The van der Waals surface area contributed by atoms with Gasteiger partial charge in [0.15, 0.2) is 0 Å². The Kier molecular flexibility index (Phi) is 5.15. The van der Waals surface area contributed by atoms with Crippen molar-refractivity contribution < 1.29 is 22.6 Å². The molecule has 2 aromatic rings. The van der Waals surface area contributed by atoms with Gasteiger partial charge >= 0.3 is 6.61 Å². The number of alkyl halides is 2. The molecule has 1 aliphatic rings. The number of halogens is 4. The number of ether oxygens (including phenoxy) is 2. The molecule has 0 spiro atoms. The largest absolute Gasteiger partial charge is 0.435 e. The van der Waals surface area contributed by atoms with Crippen molar-refractivity contribution in [2.45, 2.75) is 31.5 Å². The second kappa shape index (κ2) is 7.15. The molecule has 24 heavy (non-hydrogen) atoms. The zero-order chi connectivity index (χ0) is 17.2. The van der Waals surface area contributed by atoms with E-state index >= 15 is 0 Å². The molecule has 128 valence electrons. The van der Waals surface area contributed by atoms with Crippen molar-refractivity contribution in [3.8, 4) is 5.75 Å². The minimum atomic E-state index is -2.82. The second-order valence-corrected chi connectivity index (χ2v) is 6.78. The van der Waals surface area contributed by atoms with Crippen LogP contribution in [0.4, 0.5) is 13.2 Å². The molecule has 2 aromatic carbocycles. The van der Waals surface area contributed by atoms with Gasteiger partial charge in [-0.25, -0.2) is 4.39 Å². The van der Waals surface area contributed by atoms with E-state index in [-0.39, 0.29) is 17.0 Å². The van der Waals surface area contributed by atoms with E-state index in [0.29, 0.717) is 17.7 Å². The van der Waals surface area contributed by atoms with Gasteiger partial charge in [-0.2, -0.15) is 8.78 Å². The van der Waals surface area contributed by atoms with Gasteiger partial charge < -0.3 is 9.47 Å². The van der Waals surface area contributed by atoms with Crippen molar-refractivity contribution in [2.75, 3.05) is 6.61 Å². The Balaban J connectivity index is 1.57. The number of rotatable bonds is 7. The maximum absolute atomic E-state index is 13.2. The third kappa shape index (κ3) is 4.11. The highest BCUT2D eigenvalue weighted by atomic mass is 79.9. The van der Waals surface area contributed by atoms with Gasteiger partial charge in [0.2, 0.25) is 0 Å². The van der Waals surface area contributed by atoms with Crippen molar-refractivity contribution in [1.29, 1.82) is 0 Å². The first-order chi connectivity index (χ1) is 11.5. The van der Waals surface area contributed by atoms with Gasteiger partial charge in [0.1, 0.15) is 11.6 Å². The Hall–Kier alpha value is -1.53. The van der Waals surface area contributed by atoms with Crippen LogP contribution in [0.25, 0.3) is 0 Å². The normalized spacial score (nSPS) is 15.5. The Bertz CT molecular complexity index is 700. The van der Waals surface area contributed by atoms with Crippen LogP contribution in [0.2, 0.25) is 0 Å². The van der Waals surface area contributed by atoms with Crippen molar-refractivity contribution in [2.24, 2.45) is 0 Å². The van der Waals surface area contributed by atoms with Crippen molar-refractivity contribution in [3.63, 3.8) is 0 Å². The lowest BCUT2D eigenvalue weighted by Crippen LogP contribution is -2.15. The number of hydrogen-bond donors (Lipinski definition) is 0. The van der Waals surface area contributed by atoms with Crippen LogP contribution in [0.15, 0.2) is 46.9 Å². The van der Waals surface area contributed by atoms with Crippen molar-refractivity contribution in [3.05, 3.63) is 63.9 Å². The van der Waals surface area contributed by atoms with E-state index in [1.54, 1.807) is 24.3 Å². The summed E-state index contributed by atoms with van der Waals surface area (Å²) in [4.78, 5) is 0. The van der Waals surface area contributed by atoms with Gasteiger partial charge in [0, 0.05) is 5.41 Å². The molecule has 3 rings (SSSR count). The average molecular weight is 401 g/mol. The van der Waals surface area contributed by atoms with Gasteiger partial charge in [0.05, 0.1) is 17.7 Å². The molecule has 1 aliphatic carbocycles. The van der Waals surface area contributed by atoms with E-state index in [0.717, 1.165) is 24.0 Å². The first-order valence-electron chi connectivity index (χ1n) is 7.56. The van der Waals surface area contributed by atoms with E-state index in [4.69, 9.17) is 4.74 Å². The van der Waals surface area contributed by atoms with Crippen LogP contribution >= 0.6 is 15.9 Å². The molecule has 0 aromatic heterocycles. The summed E-state index contributed by atoms with van der Waals surface area (Å²) in [6.07, 6.45) is 1.99. The van der Waals surface area contributed by atoms with E-state index in [9.17, 15) is 13.2 Å². The summed E-state index contributed by atoms with van der Waals surface area (Å²) in [6.45, 7) is -1.88. The summed E-state index contributed by atoms with van der Waals surface area (Å²) in [5.41, 5.74) is 1.89. The fourth-order valence-electron chi connectivity index (χ4n) is 2.65. The molecule has 0 radical (unpaired) electrons. The van der Waals surface area contributed by atoms with Crippen molar-refractivity contribution in [1.82, 2.24) is 0 Å². The van der Waals surface area contributed by atoms with E-state index in [2.05, 4.69) is 20.7 Å². The summed E-state index contributed by atoms with van der Waals surface area (Å²) >= 11 is 3.15. The Morgan fingerprint density at radius 1 is 1.08 bits per heavy atom. The maximum atomic E-state index is 13.2. The quantitative estimate of drug-likeness (QED) is 0.616. The molecule has 0 heterocycles. The zero-order valence-corrected chi connectivity index (χ0v) is 14.4. The summed E-state index contributed by atoms with van der Waals surface area (Å²) in [6, 6.07) is 11.5. The number of benzene rings is 2. The highest BCUT2D eigenvalue weighted by Crippen LogP contribution is 2.48. The van der Waals surface area contributed by atoms with E-state index in [1.165, 1.54) is 6.07 Å². The van der Waals surface area contributed by atoms with Gasteiger partial charge in [0.25, 0.3) is 0 Å². The van der Waals surface area contributed by atoms with E-state index < -0.39 is 6.61 Å². The smallest absolute Gasteiger partial charge is 0.387 e. The van der Waals surface area contributed by atoms with Crippen LogP contribution in [0.3, 0.4) is 0 Å². The molecular formula is C18H16BrF3O2. The molecule has 0 amide bonds. The molecule has 6 heteroatoms. The Labute approximate surface area is 146 Å². The molecule has 0 unspecified atom stereocenters. The first-order valence-corrected chi connectivity index (χ1v) is 8.35. The molecule has 1 fully saturated rings. The van der Waals surface area contributed by atoms with Gasteiger partial charge in [-0.3, -0.25) is 0 Å². The standard InChI is InChI=1S/C18H16BrF3O2/c19-15-9-12(1-6-16(15)20)10-23-11-18(7-8-18)13-2-4-14(5-3-13)24-17(21)22/h1-6,9,17H,7-8,10-11H2. The molecule has 0 saturated heterocycles. The topological polar surface area (TPSA) is 18.5 Å². The third-order valence-corrected chi connectivity index (χ3v) is 4.78. The van der Waals surface area contributed by atoms with Gasteiger partial charge in [-0.15, -0.1) is 0 Å². The van der Waals surface area contributed by atoms with Crippen molar-refractivity contribution >= 4 is 15.9 Å². The summed E-state index contributed by atoms with van der Waals surface area (Å²) in [7, 11) is 0. The fourth-order valence-corrected chi connectivity index (χ4v) is 3.08. The number of hydrogen-bond acceptors (Lipinski definition) is 2. The highest BCUT2D eigenvalue weighted by molar-refractivity contribution is 9.10. The molecule has 0 aliphatic heterocycles. The maximum Gasteiger partial charge on any atom is 0.387 e. The molecular weight excluding hydrogens is 385 g/mol.